The quantitative estimate of drug-likeness (QED) is 0.517. The second-order valence-corrected chi connectivity index (χ2v) is 9.53. The summed E-state index contributed by atoms with van der Waals surface area (Å²) >= 11 is 0. The molecule has 7 heteroatoms. The molecule has 0 aromatic heterocycles. The third-order valence-corrected chi connectivity index (χ3v) is 4.86. The van der Waals surface area contributed by atoms with Crippen molar-refractivity contribution in [1.82, 2.24) is 15.5 Å². The molecule has 1 aromatic rings. The zero-order valence-electron chi connectivity index (χ0n) is 21.0. The minimum atomic E-state index is -0.843. The van der Waals surface area contributed by atoms with E-state index >= 15 is 0 Å². The zero-order chi connectivity index (χ0) is 24.5. The van der Waals surface area contributed by atoms with Crippen molar-refractivity contribution in [2.45, 2.75) is 98.4 Å². The highest BCUT2D eigenvalue weighted by molar-refractivity contribution is 5.92. The van der Waals surface area contributed by atoms with E-state index in [0.717, 1.165) is 30.4 Å². The summed E-state index contributed by atoms with van der Waals surface area (Å²) in [7, 11) is 0. The summed E-state index contributed by atoms with van der Waals surface area (Å²) < 4.78 is 5.30. The van der Waals surface area contributed by atoms with Gasteiger partial charge in [-0.25, -0.2) is 4.79 Å². The van der Waals surface area contributed by atoms with Gasteiger partial charge >= 0.3 is 6.09 Å². The number of unbranched alkanes of at least 4 members (excludes halogenated alkanes) is 2. The number of amides is 3. The molecule has 180 valence electrons. The fraction of sp³-hybridized carbons (Fsp3) is 0.640. The van der Waals surface area contributed by atoms with E-state index < -0.39 is 23.8 Å². The maximum Gasteiger partial charge on any atom is 0.408 e. The molecule has 0 radical (unpaired) electrons. The average Bonchev–Trinajstić information content (AvgIpc) is 2.65. The number of hydrogen-bond donors (Lipinski definition) is 2. The van der Waals surface area contributed by atoms with E-state index in [0.29, 0.717) is 6.54 Å². The summed E-state index contributed by atoms with van der Waals surface area (Å²) in [6.07, 6.45) is 2.02. The maximum absolute atomic E-state index is 13.5. The number of nitrogens with zero attached hydrogens (tertiary/aromatic N) is 1. The molecular weight excluding hydrogens is 406 g/mol. The standard InChI is InChI=1S/C25H41N3O4/c1-9-10-13-16-28(23(30)19(5)27-24(31)32-25(6,7)8)21(22(29)26-17(2)3)20-15-12-11-14-18(20)4/h11-12,14-15,17,19,21H,9-10,13,16H2,1-8H3,(H,26,29)(H,27,31). The van der Waals surface area contributed by atoms with Crippen LogP contribution in [0.3, 0.4) is 0 Å². The lowest BCUT2D eigenvalue weighted by Crippen LogP contribution is -2.52. The SMILES string of the molecule is CCCCCN(C(=O)C(C)NC(=O)OC(C)(C)C)C(C(=O)NC(C)C)c1ccccc1C. The van der Waals surface area contributed by atoms with Crippen LogP contribution in [0.4, 0.5) is 4.79 Å². The van der Waals surface area contributed by atoms with Crippen LogP contribution in [0.5, 0.6) is 0 Å². The van der Waals surface area contributed by atoms with Crippen molar-refractivity contribution in [1.29, 1.82) is 0 Å². The molecule has 2 atom stereocenters. The van der Waals surface area contributed by atoms with Gasteiger partial charge in [0.05, 0.1) is 0 Å². The third-order valence-electron chi connectivity index (χ3n) is 4.86. The lowest BCUT2D eigenvalue weighted by Gasteiger charge is -2.34. The highest BCUT2D eigenvalue weighted by Crippen LogP contribution is 2.26. The summed E-state index contributed by atoms with van der Waals surface area (Å²) in [5, 5.41) is 5.58. The number of ether oxygens (including phenoxy) is 1. The highest BCUT2D eigenvalue weighted by atomic mass is 16.6. The Morgan fingerprint density at radius 1 is 1.03 bits per heavy atom. The largest absolute Gasteiger partial charge is 0.444 e. The average molecular weight is 448 g/mol. The first-order chi connectivity index (χ1) is 14.9. The maximum atomic E-state index is 13.5. The Bertz CT molecular complexity index is 771. The van der Waals surface area contributed by atoms with Gasteiger partial charge in [0.2, 0.25) is 11.8 Å². The molecule has 32 heavy (non-hydrogen) atoms. The molecule has 0 aliphatic heterocycles. The number of nitrogens with one attached hydrogen (secondary N) is 2. The second kappa shape index (κ2) is 12.5. The van der Waals surface area contributed by atoms with Gasteiger partial charge in [0.15, 0.2) is 0 Å². The Morgan fingerprint density at radius 3 is 2.19 bits per heavy atom. The Morgan fingerprint density at radius 2 is 1.66 bits per heavy atom. The summed E-state index contributed by atoms with van der Waals surface area (Å²) in [4.78, 5) is 40.7. The minimum Gasteiger partial charge on any atom is -0.444 e. The van der Waals surface area contributed by atoms with Crippen LogP contribution in [0.15, 0.2) is 24.3 Å². The van der Waals surface area contributed by atoms with E-state index in [2.05, 4.69) is 17.6 Å². The van der Waals surface area contributed by atoms with Crippen molar-refractivity contribution in [3.63, 3.8) is 0 Å². The van der Waals surface area contributed by atoms with Gasteiger partial charge in [0.25, 0.3) is 0 Å². The van der Waals surface area contributed by atoms with Crippen LogP contribution in [0, 0.1) is 6.92 Å². The number of aryl methyl sites for hydroxylation is 1. The van der Waals surface area contributed by atoms with Gasteiger partial charge in [-0.1, -0.05) is 44.0 Å². The van der Waals surface area contributed by atoms with Crippen LogP contribution < -0.4 is 10.6 Å². The highest BCUT2D eigenvalue weighted by Gasteiger charge is 2.35. The second-order valence-electron chi connectivity index (χ2n) is 9.53. The van der Waals surface area contributed by atoms with E-state index in [9.17, 15) is 14.4 Å². The van der Waals surface area contributed by atoms with Crippen LogP contribution in [0.25, 0.3) is 0 Å². The lowest BCUT2D eigenvalue weighted by atomic mass is 9.97. The predicted molar refractivity (Wildman–Crippen MR) is 127 cm³/mol. The van der Waals surface area contributed by atoms with E-state index in [1.165, 1.54) is 0 Å². The number of carbonyl (C=O) groups excluding carboxylic acids is 3. The Kier molecular flexibility index (Phi) is 10.7. The normalized spacial score (nSPS) is 13.3. The van der Waals surface area contributed by atoms with Crippen LogP contribution in [0.1, 0.15) is 84.9 Å². The first-order valence-corrected chi connectivity index (χ1v) is 11.5. The van der Waals surface area contributed by atoms with Gasteiger partial charge < -0.3 is 20.3 Å². The number of rotatable bonds is 10. The predicted octanol–water partition coefficient (Wildman–Crippen LogP) is 4.49. The number of carbonyl (C=O) groups is 3. The minimum absolute atomic E-state index is 0.0704. The molecule has 7 nitrogen and oxygen atoms in total. The van der Waals surface area contributed by atoms with E-state index in [-0.39, 0.29) is 17.9 Å². The molecule has 0 saturated heterocycles. The Hall–Kier alpha value is -2.57. The van der Waals surface area contributed by atoms with Crippen molar-refractivity contribution in [3.8, 4) is 0 Å². The first kappa shape index (κ1) is 27.5. The fourth-order valence-electron chi connectivity index (χ4n) is 3.40. The monoisotopic (exact) mass is 447 g/mol. The van der Waals surface area contributed by atoms with Crippen molar-refractivity contribution in [2.75, 3.05) is 6.54 Å². The molecule has 3 amide bonds. The molecule has 0 spiro atoms. The van der Waals surface area contributed by atoms with E-state index in [1.54, 1.807) is 32.6 Å². The van der Waals surface area contributed by atoms with Gasteiger partial charge in [0, 0.05) is 12.6 Å². The van der Waals surface area contributed by atoms with Crippen LogP contribution in [-0.4, -0.2) is 47.0 Å². The molecule has 0 saturated carbocycles. The van der Waals surface area contributed by atoms with Crippen LogP contribution in [0.2, 0.25) is 0 Å². The third kappa shape index (κ3) is 8.89. The molecule has 0 fully saturated rings. The van der Waals surface area contributed by atoms with Gasteiger partial charge in [-0.2, -0.15) is 0 Å². The molecular formula is C25H41N3O4. The Labute approximate surface area is 193 Å². The van der Waals surface area contributed by atoms with Crippen LogP contribution in [-0.2, 0) is 14.3 Å². The summed E-state index contributed by atoms with van der Waals surface area (Å²) in [6, 6.07) is 5.89. The van der Waals surface area contributed by atoms with Crippen molar-refractivity contribution in [3.05, 3.63) is 35.4 Å². The summed E-state index contributed by atoms with van der Waals surface area (Å²) in [6.45, 7) is 15.1. The topological polar surface area (TPSA) is 87.7 Å². The zero-order valence-corrected chi connectivity index (χ0v) is 21.0. The number of alkyl carbamates (subject to hydrolysis) is 1. The summed E-state index contributed by atoms with van der Waals surface area (Å²) in [5.74, 6) is -0.553. The molecule has 1 aromatic carbocycles. The molecule has 0 heterocycles. The van der Waals surface area contributed by atoms with Gasteiger partial charge in [-0.15, -0.1) is 0 Å². The smallest absolute Gasteiger partial charge is 0.408 e. The van der Waals surface area contributed by atoms with E-state index in [4.69, 9.17) is 4.74 Å². The van der Waals surface area contributed by atoms with E-state index in [1.807, 2.05) is 45.0 Å². The Balaban J connectivity index is 3.29. The van der Waals surface area contributed by atoms with Gasteiger partial charge in [-0.3, -0.25) is 9.59 Å². The number of benzene rings is 1. The van der Waals surface area contributed by atoms with Gasteiger partial charge in [0.1, 0.15) is 17.7 Å². The molecule has 2 N–H and O–H groups in total. The first-order valence-electron chi connectivity index (χ1n) is 11.5. The molecule has 0 aliphatic carbocycles. The van der Waals surface area contributed by atoms with Crippen molar-refractivity contribution >= 4 is 17.9 Å². The fourth-order valence-corrected chi connectivity index (χ4v) is 3.40. The molecule has 0 aliphatic rings. The van der Waals surface area contributed by atoms with Crippen molar-refractivity contribution < 1.29 is 19.1 Å². The summed E-state index contributed by atoms with van der Waals surface area (Å²) in [5.41, 5.74) is 1.03. The van der Waals surface area contributed by atoms with Crippen LogP contribution >= 0.6 is 0 Å². The molecule has 1 rings (SSSR count). The number of hydrogen-bond acceptors (Lipinski definition) is 4. The molecule has 2 unspecified atom stereocenters. The van der Waals surface area contributed by atoms with Crippen molar-refractivity contribution in [2.24, 2.45) is 0 Å². The van der Waals surface area contributed by atoms with Gasteiger partial charge in [-0.05, 0) is 66.0 Å². The molecule has 0 bridgehead atoms. The lowest BCUT2D eigenvalue weighted by molar-refractivity contribution is -0.142.